The Morgan fingerprint density at radius 1 is 1.00 bits per heavy atom. The molecule has 4 nitrogen and oxygen atoms in total. The van der Waals surface area contributed by atoms with E-state index in [2.05, 4.69) is 5.32 Å². The topological polar surface area (TPSA) is 49.4 Å². The van der Waals surface area contributed by atoms with Gasteiger partial charge in [0.05, 0.1) is 0 Å². The van der Waals surface area contributed by atoms with E-state index in [0.717, 1.165) is 29.7 Å². The largest absolute Gasteiger partial charge is 0.347 e. The monoisotopic (exact) mass is 294 g/mol. The lowest BCUT2D eigenvalue weighted by Gasteiger charge is -2.16. The van der Waals surface area contributed by atoms with Crippen LogP contribution in [0.25, 0.3) is 0 Å². The average Bonchev–Trinajstić information content (AvgIpc) is 2.99. The van der Waals surface area contributed by atoms with Crippen LogP contribution in [0.5, 0.6) is 0 Å². The van der Waals surface area contributed by atoms with Gasteiger partial charge in [0, 0.05) is 18.8 Å². The lowest BCUT2D eigenvalue weighted by Crippen LogP contribution is -2.43. The van der Waals surface area contributed by atoms with E-state index in [9.17, 15) is 9.59 Å². The SMILES string of the molecule is O=C(NCCc1ccccc1)C(=O)N1CCc2ccccc21. The van der Waals surface area contributed by atoms with Crippen molar-refractivity contribution in [1.82, 2.24) is 5.32 Å². The summed E-state index contributed by atoms with van der Waals surface area (Å²) in [6.07, 6.45) is 1.52. The fourth-order valence-electron chi connectivity index (χ4n) is 2.71. The molecule has 4 heteroatoms. The molecule has 0 aliphatic carbocycles. The van der Waals surface area contributed by atoms with Crippen molar-refractivity contribution in [2.45, 2.75) is 12.8 Å². The zero-order chi connectivity index (χ0) is 15.4. The van der Waals surface area contributed by atoms with Crippen molar-refractivity contribution in [3.63, 3.8) is 0 Å². The lowest BCUT2D eigenvalue weighted by atomic mass is 10.1. The molecule has 2 aromatic carbocycles. The third-order valence-electron chi connectivity index (χ3n) is 3.87. The van der Waals surface area contributed by atoms with Crippen molar-refractivity contribution < 1.29 is 9.59 Å². The summed E-state index contributed by atoms with van der Waals surface area (Å²) in [5, 5.41) is 2.71. The zero-order valence-electron chi connectivity index (χ0n) is 12.3. The molecule has 0 radical (unpaired) electrons. The van der Waals surface area contributed by atoms with Gasteiger partial charge in [-0.05, 0) is 30.0 Å². The first kappa shape index (κ1) is 14.3. The van der Waals surface area contributed by atoms with E-state index in [-0.39, 0.29) is 0 Å². The Labute approximate surface area is 129 Å². The van der Waals surface area contributed by atoms with Crippen LogP contribution in [0.4, 0.5) is 5.69 Å². The van der Waals surface area contributed by atoms with Crippen LogP contribution in [0, 0.1) is 0 Å². The molecule has 0 fully saturated rings. The highest BCUT2D eigenvalue weighted by Crippen LogP contribution is 2.27. The molecule has 0 aromatic heterocycles. The number of rotatable bonds is 3. The average molecular weight is 294 g/mol. The molecule has 1 heterocycles. The van der Waals surface area contributed by atoms with E-state index in [4.69, 9.17) is 0 Å². The highest BCUT2D eigenvalue weighted by atomic mass is 16.2. The molecular weight excluding hydrogens is 276 g/mol. The summed E-state index contributed by atoms with van der Waals surface area (Å²) < 4.78 is 0. The number of hydrogen-bond acceptors (Lipinski definition) is 2. The Morgan fingerprint density at radius 2 is 1.73 bits per heavy atom. The minimum Gasteiger partial charge on any atom is -0.347 e. The number of carbonyl (C=O) groups excluding carboxylic acids is 2. The first-order valence-electron chi connectivity index (χ1n) is 7.47. The number of hydrogen-bond donors (Lipinski definition) is 1. The Kier molecular flexibility index (Phi) is 4.19. The van der Waals surface area contributed by atoms with Gasteiger partial charge < -0.3 is 10.2 Å². The highest BCUT2D eigenvalue weighted by molar-refractivity contribution is 6.40. The maximum atomic E-state index is 12.3. The fourth-order valence-corrected chi connectivity index (χ4v) is 2.71. The van der Waals surface area contributed by atoms with Crippen molar-refractivity contribution in [1.29, 1.82) is 0 Å². The Balaban J connectivity index is 1.56. The number of nitrogens with one attached hydrogen (secondary N) is 1. The van der Waals surface area contributed by atoms with Gasteiger partial charge in [-0.15, -0.1) is 0 Å². The van der Waals surface area contributed by atoms with Gasteiger partial charge in [-0.2, -0.15) is 0 Å². The van der Waals surface area contributed by atoms with E-state index >= 15 is 0 Å². The second-order valence-electron chi connectivity index (χ2n) is 5.33. The molecule has 1 N–H and O–H groups in total. The minimum atomic E-state index is -0.535. The molecule has 0 bridgehead atoms. The first-order chi connectivity index (χ1) is 10.8. The zero-order valence-corrected chi connectivity index (χ0v) is 12.3. The van der Waals surface area contributed by atoms with Crippen LogP contribution >= 0.6 is 0 Å². The molecular formula is C18H18N2O2. The molecule has 1 aliphatic rings. The lowest BCUT2D eigenvalue weighted by molar-refractivity contribution is -0.137. The van der Waals surface area contributed by atoms with Crippen molar-refractivity contribution in [3.8, 4) is 0 Å². The molecule has 2 amide bonds. The summed E-state index contributed by atoms with van der Waals surface area (Å²) in [6, 6.07) is 17.6. The van der Waals surface area contributed by atoms with Crippen LogP contribution < -0.4 is 10.2 Å². The van der Waals surface area contributed by atoms with E-state index in [1.807, 2.05) is 54.6 Å². The standard InChI is InChI=1S/C18H18N2O2/c21-17(19-12-10-14-6-2-1-3-7-14)18(22)20-13-11-15-8-4-5-9-16(15)20/h1-9H,10-13H2,(H,19,21). The third-order valence-corrected chi connectivity index (χ3v) is 3.87. The van der Waals surface area contributed by atoms with Crippen molar-refractivity contribution >= 4 is 17.5 Å². The smallest absolute Gasteiger partial charge is 0.316 e. The van der Waals surface area contributed by atoms with Crippen LogP contribution in [0.1, 0.15) is 11.1 Å². The summed E-state index contributed by atoms with van der Waals surface area (Å²) in [5.74, 6) is -1.01. The molecule has 0 spiro atoms. The molecule has 0 saturated heterocycles. The number of benzene rings is 2. The number of fused-ring (bicyclic) bond motifs is 1. The van der Waals surface area contributed by atoms with Crippen LogP contribution in [-0.4, -0.2) is 24.9 Å². The van der Waals surface area contributed by atoms with E-state index in [1.165, 1.54) is 0 Å². The van der Waals surface area contributed by atoms with Gasteiger partial charge in [0.2, 0.25) is 0 Å². The summed E-state index contributed by atoms with van der Waals surface area (Å²) in [7, 11) is 0. The summed E-state index contributed by atoms with van der Waals surface area (Å²) in [4.78, 5) is 25.9. The highest BCUT2D eigenvalue weighted by Gasteiger charge is 2.28. The quantitative estimate of drug-likeness (QED) is 0.880. The van der Waals surface area contributed by atoms with Crippen LogP contribution in [0.3, 0.4) is 0 Å². The van der Waals surface area contributed by atoms with Gasteiger partial charge in [-0.3, -0.25) is 9.59 Å². The summed E-state index contributed by atoms with van der Waals surface area (Å²) in [6.45, 7) is 1.04. The number of amides is 2. The van der Waals surface area contributed by atoms with Gasteiger partial charge in [-0.25, -0.2) is 0 Å². The van der Waals surface area contributed by atoms with Gasteiger partial charge in [0.25, 0.3) is 0 Å². The fraction of sp³-hybridized carbons (Fsp3) is 0.222. The van der Waals surface area contributed by atoms with Crippen LogP contribution in [0.2, 0.25) is 0 Å². The Morgan fingerprint density at radius 3 is 2.55 bits per heavy atom. The normalized spacial score (nSPS) is 12.8. The van der Waals surface area contributed by atoms with Gasteiger partial charge >= 0.3 is 11.8 Å². The van der Waals surface area contributed by atoms with Gasteiger partial charge in [0.1, 0.15) is 0 Å². The molecule has 1 aliphatic heterocycles. The Hall–Kier alpha value is -2.62. The molecule has 0 atom stereocenters. The number of para-hydroxylation sites is 1. The molecule has 0 saturated carbocycles. The van der Waals surface area contributed by atoms with Gasteiger partial charge in [0.15, 0.2) is 0 Å². The first-order valence-corrected chi connectivity index (χ1v) is 7.47. The van der Waals surface area contributed by atoms with Crippen molar-refractivity contribution in [2.75, 3.05) is 18.0 Å². The number of carbonyl (C=O) groups is 2. The molecule has 3 rings (SSSR count). The predicted octanol–water partition coefficient (Wildman–Crippen LogP) is 1.93. The number of nitrogens with zero attached hydrogens (tertiary/aromatic N) is 1. The van der Waals surface area contributed by atoms with Crippen molar-refractivity contribution in [3.05, 3.63) is 65.7 Å². The van der Waals surface area contributed by atoms with Crippen LogP contribution in [-0.2, 0) is 22.4 Å². The Bertz CT molecular complexity index is 682. The van der Waals surface area contributed by atoms with E-state index in [0.29, 0.717) is 13.1 Å². The minimum absolute atomic E-state index is 0.462. The molecule has 0 unspecified atom stereocenters. The molecule has 2 aromatic rings. The summed E-state index contributed by atoms with van der Waals surface area (Å²) in [5.41, 5.74) is 3.11. The van der Waals surface area contributed by atoms with Crippen LogP contribution in [0.15, 0.2) is 54.6 Å². The van der Waals surface area contributed by atoms with Gasteiger partial charge in [-0.1, -0.05) is 48.5 Å². The maximum absolute atomic E-state index is 12.3. The van der Waals surface area contributed by atoms with E-state index < -0.39 is 11.8 Å². The predicted molar refractivity (Wildman–Crippen MR) is 85.7 cm³/mol. The third kappa shape index (κ3) is 3.01. The summed E-state index contributed by atoms with van der Waals surface area (Å²) >= 11 is 0. The second-order valence-corrected chi connectivity index (χ2v) is 5.33. The molecule has 22 heavy (non-hydrogen) atoms. The molecule has 112 valence electrons. The maximum Gasteiger partial charge on any atom is 0.316 e. The number of anilines is 1. The van der Waals surface area contributed by atoms with E-state index in [1.54, 1.807) is 4.90 Å². The second kappa shape index (κ2) is 6.43. The van der Waals surface area contributed by atoms with Crippen molar-refractivity contribution in [2.24, 2.45) is 0 Å².